The number of urea groups is 1. The molecule has 2 amide bonds. The van der Waals surface area contributed by atoms with Gasteiger partial charge in [0.1, 0.15) is 5.75 Å². The van der Waals surface area contributed by atoms with E-state index < -0.39 is 0 Å². The molecule has 6 heteroatoms. The first kappa shape index (κ1) is 18.4. The molecule has 0 spiro atoms. The number of nitrogens with one attached hydrogen (secondary N) is 1. The van der Waals surface area contributed by atoms with Gasteiger partial charge in [0.2, 0.25) is 0 Å². The van der Waals surface area contributed by atoms with Crippen LogP contribution in [-0.4, -0.2) is 44.2 Å². The van der Waals surface area contributed by atoms with Crippen LogP contribution in [0.25, 0.3) is 0 Å². The van der Waals surface area contributed by atoms with Crippen LogP contribution in [0.15, 0.2) is 36.4 Å². The summed E-state index contributed by atoms with van der Waals surface area (Å²) in [7, 11) is 1.61. The third-order valence-electron chi connectivity index (χ3n) is 4.54. The van der Waals surface area contributed by atoms with Crippen molar-refractivity contribution in [1.29, 1.82) is 0 Å². The molecule has 0 bridgehead atoms. The van der Waals surface area contributed by atoms with Gasteiger partial charge in [-0.2, -0.15) is 0 Å². The van der Waals surface area contributed by atoms with Gasteiger partial charge in [0, 0.05) is 37.6 Å². The molecule has 1 heterocycles. The Morgan fingerprint density at radius 2 is 1.69 bits per heavy atom. The average molecular weight is 374 g/mol. The Hall–Kier alpha value is -2.40. The van der Waals surface area contributed by atoms with Gasteiger partial charge in [0.05, 0.1) is 12.1 Å². The predicted molar refractivity (Wildman–Crippen MR) is 107 cm³/mol. The number of methoxy groups -OCH3 is 1. The summed E-state index contributed by atoms with van der Waals surface area (Å²) < 4.78 is 5.20. The fourth-order valence-electron chi connectivity index (χ4n) is 3.27. The fourth-order valence-corrected chi connectivity index (χ4v) is 3.52. The summed E-state index contributed by atoms with van der Waals surface area (Å²) in [4.78, 5) is 16.6. The van der Waals surface area contributed by atoms with Crippen LogP contribution in [0.5, 0.6) is 5.75 Å². The number of benzene rings is 2. The third-order valence-corrected chi connectivity index (χ3v) is 4.84. The number of rotatable bonds is 3. The summed E-state index contributed by atoms with van der Waals surface area (Å²) in [5.41, 5.74) is 4.17. The zero-order chi connectivity index (χ0) is 18.7. The van der Waals surface area contributed by atoms with Gasteiger partial charge in [-0.15, -0.1) is 0 Å². The number of halogens is 1. The summed E-state index contributed by atoms with van der Waals surface area (Å²) in [6.45, 7) is 6.93. The number of carbonyl (C=O) groups is 1. The summed E-state index contributed by atoms with van der Waals surface area (Å²) in [6.07, 6.45) is 0. The van der Waals surface area contributed by atoms with Gasteiger partial charge >= 0.3 is 6.03 Å². The number of carbonyl (C=O) groups excluding carboxylic acids is 1. The van der Waals surface area contributed by atoms with Crippen LogP contribution in [0.2, 0.25) is 5.02 Å². The number of aryl methyl sites for hydroxylation is 2. The van der Waals surface area contributed by atoms with E-state index in [0.717, 1.165) is 35.6 Å². The largest absolute Gasteiger partial charge is 0.495 e. The monoisotopic (exact) mass is 373 g/mol. The molecule has 2 aromatic rings. The first-order chi connectivity index (χ1) is 12.5. The molecule has 1 fully saturated rings. The van der Waals surface area contributed by atoms with Gasteiger partial charge in [-0.1, -0.05) is 17.7 Å². The molecule has 5 nitrogen and oxygen atoms in total. The lowest BCUT2D eigenvalue weighted by molar-refractivity contribution is 0.208. The van der Waals surface area contributed by atoms with Crippen LogP contribution in [-0.2, 0) is 0 Å². The molecule has 0 aliphatic carbocycles. The zero-order valence-corrected chi connectivity index (χ0v) is 16.1. The van der Waals surface area contributed by atoms with Crippen LogP contribution in [0.4, 0.5) is 16.2 Å². The van der Waals surface area contributed by atoms with Crippen molar-refractivity contribution in [2.75, 3.05) is 43.5 Å². The van der Waals surface area contributed by atoms with E-state index in [1.54, 1.807) is 7.11 Å². The van der Waals surface area contributed by atoms with Crippen LogP contribution >= 0.6 is 11.6 Å². The number of piperazine rings is 1. The van der Waals surface area contributed by atoms with Crippen LogP contribution < -0.4 is 15.0 Å². The molecule has 1 saturated heterocycles. The Morgan fingerprint density at radius 1 is 1.04 bits per heavy atom. The normalized spacial score (nSPS) is 14.3. The molecule has 0 atom stereocenters. The van der Waals surface area contributed by atoms with Crippen molar-refractivity contribution in [2.45, 2.75) is 13.8 Å². The van der Waals surface area contributed by atoms with Gasteiger partial charge in [-0.3, -0.25) is 0 Å². The number of hydrogen-bond acceptors (Lipinski definition) is 3. The van der Waals surface area contributed by atoms with Gasteiger partial charge < -0.3 is 19.9 Å². The van der Waals surface area contributed by atoms with Crippen molar-refractivity contribution in [1.82, 2.24) is 4.90 Å². The Balaban J connectivity index is 1.59. The van der Waals surface area contributed by atoms with E-state index in [-0.39, 0.29) is 6.03 Å². The summed E-state index contributed by atoms with van der Waals surface area (Å²) in [5.74, 6) is 0.668. The molecule has 138 valence electrons. The summed E-state index contributed by atoms with van der Waals surface area (Å²) in [5, 5.41) is 3.60. The molecule has 0 saturated carbocycles. The molecule has 1 N–H and O–H groups in total. The van der Waals surface area contributed by atoms with Crippen LogP contribution in [0.1, 0.15) is 11.1 Å². The minimum Gasteiger partial charge on any atom is -0.495 e. The van der Waals surface area contributed by atoms with Gasteiger partial charge in [-0.05, 0) is 55.3 Å². The van der Waals surface area contributed by atoms with Gasteiger partial charge in [0.15, 0.2) is 0 Å². The fraction of sp³-hybridized carbons (Fsp3) is 0.350. The molecule has 1 aliphatic heterocycles. The Labute approximate surface area is 159 Å². The molecule has 0 radical (unpaired) electrons. The number of nitrogens with zero attached hydrogens (tertiary/aromatic N) is 2. The molecule has 0 aromatic heterocycles. The highest BCUT2D eigenvalue weighted by atomic mass is 35.5. The van der Waals surface area contributed by atoms with Crippen molar-refractivity contribution in [3.05, 3.63) is 52.5 Å². The minimum atomic E-state index is -0.0533. The maximum atomic E-state index is 12.5. The first-order valence-corrected chi connectivity index (χ1v) is 9.07. The number of amides is 2. The van der Waals surface area contributed by atoms with E-state index in [2.05, 4.69) is 16.3 Å². The molecule has 1 aliphatic rings. The van der Waals surface area contributed by atoms with Crippen molar-refractivity contribution < 1.29 is 9.53 Å². The van der Waals surface area contributed by atoms with E-state index >= 15 is 0 Å². The highest BCUT2D eigenvalue weighted by Crippen LogP contribution is 2.29. The van der Waals surface area contributed by atoms with Crippen LogP contribution in [0.3, 0.4) is 0 Å². The molecule has 3 rings (SSSR count). The van der Waals surface area contributed by atoms with Crippen molar-refractivity contribution >= 4 is 29.0 Å². The van der Waals surface area contributed by atoms with Crippen molar-refractivity contribution in [2.24, 2.45) is 0 Å². The third kappa shape index (κ3) is 4.22. The van der Waals surface area contributed by atoms with Gasteiger partial charge in [-0.25, -0.2) is 4.79 Å². The lowest BCUT2D eigenvalue weighted by atomic mass is 10.1. The highest BCUT2D eigenvalue weighted by Gasteiger charge is 2.22. The molecular weight excluding hydrogens is 350 g/mol. The second-order valence-corrected chi connectivity index (χ2v) is 7.01. The van der Waals surface area contributed by atoms with Gasteiger partial charge in [0.25, 0.3) is 0 Å². The smallest absolute Gasteiger partial charge is 0.321 e. The lowest BCUT2D eigenvalue weighted by Gasteiger charge is -2.36. The topological polar surface area (TPSA) is 44.8 Å². The maximum Gasteiger partial charge on any atom is 0.321 e. The lowest BCUT2D eigenvalue weighted by Crippen LogP contribution is -2.50. The van der Waals surface area contributed by atoms with Crippen LogP contribution in [0, 0.1) is 13.8 Å². The SMILES string of the molecule is COc1ccc(N2CCN(C(=O)Nc3cc(C)cc(C)c3)CC2)cc1Cl. The molecular formula is C20H24ClN3O2. The standard InChI is InChI=1S/C20H24ClN3O2/c1-14-10-15(2)12-16(11-14)22-20(25)24-8-6-23(7-9-24)17-4-5-19(26-3)18(21)13-17/h4-5,10-13H,6-9H2,1-3H3,(H,22,25). The Morgan fingerprint density at radius 3 is 2.27 bits per heavy atom. The quantitative estimate of drug-likeness (QED) is 0.871. The molecule has 26 heavy (non-hydrogen) atoms. The summed E-state index contributed by atoms with van der Waals surface area (Å²) in [6, 6.07) is 11.8. The zero-order valence-electron chi connectivity index (χ0n) is 15.4. The average Bonchev–Trinajstić information content (AvgIpc) is 2.61. The minimum absolute atomic E-state index is 0.0533. The molecule has 0 unspecified atom stereocenters. The van der Waals surface area contributed by atoms with E-state index in [1.165, 1.54) is 0 Å². The predicted octanol–water partition coefficient (Wildman–Crippen LogP) is 4.32. The number of ether oxygens (including phenoxy) is 1. The Bertz CT molecular complexity index is 781. The Kier molecular flexibility index (Phi) is 5.57. The number of hydrogen-bond donors (Lipinski definition) is 1. The van der Waals surface area contributed by atoms with E-state index in [0.29, 0.717) is 23.9 Å². The number of anilines is 2. The maximum absolute atomic E-state index is 12.5. The van der Waals surface area contributed by atoms with Crippen molar-refractivity contribution in [3.63, 3.8) is 0 Å². The second-order valence-electron chi connectivity index (χ2n) is 6.60. The van der Waals surface area contributed by atoms with E-state index in [4.69, 9.17) is 16.3 Å². The second kappa shape index (κ2) is 7.87. The van der Waals surface area contributed by atoms with Crippen molar-refractivity contribution in [3.8, 4) is 5.75 Å². The highest BCUT2D eigenvalue weighted by molar-refractivity contribution is 6.32. The first-order valence-electron chi connectivity index (χ1n) is 8.69. The molecule has 2 aromatic carbocycles. The summed E-state index contributed by atoms with van der Waals surface area (Å²) >= 11 is 6.22. The van der Waals surface area contributed by atoms with E-state index in [1.807, 2.05) is 49.1 Å². The van der Waals surface area contributed by atoms with E-state index in [9.17, 15) is 4.79 Å².